The van der Waals surface area contributed by atoms with Crippen LogP contribution in [0.3, 0.4) is 0 Å². The van der Waals surface area contributed by atoms with E-state index in [4.69, 9.17) is 0 Å². The van der Waals surface area contributed by atoms with Crippen molar-refractivity contribution in [3.8, 4) is 0 Å². The van der Waals surface area contributed by atoms with Gasteiger partial charge >= 0.3 is 0 Å². The van der Waals surface area contributed by atoms with Crippen molar-refractivity contribution in [1.82, 2.24) is 4.90 Å². The van der Waals surface area contributed by atoms with Crippen LogP contribution >= 0.6 is 0 Å². The standard InChI is InChI=1S/C11H19NO/c1-7-5-12(3)6-10-8(2)11(13)4-9(7)10/h4,7-8,10-11,13H,5-6H2,1-3H3. The number of piperidine rings is 1. The minimum atomic E-state index is -0.200. The molecule has 1 aliphatic heterocycles. The number of likely N-dealkylation sites (tertiary alicyclic amines) is 1. The molecule has 0 saturated carbocycles. The lowest BCUT2D eigenvalue weighted by atomic mass is 9.82. The van der Waals surface area contributed by atoms with E-state index in [9.17, 15) is 5.11 Å². The van der Waals surface area contributed by atoms with E-state index >= 15 is 0 Å². The van der Waals surface area contributed by atoms with Gasteiger partial charge in [0, 0.05) is 13.1 Å². The molecule has 2 nitrogen and oxygen atoms in total. The highest BCUT2D eigenvalue weighted by Crippen LogP contribution is 2.39. The average Bonchev–Trinajstić information content (AvgIpc) is 2.32. The third-order valence-electron chi connectivity index (χ3n) is 3.63. The second-order valence-electron chi connectivity index (χ2n) is 4.75. The summed E-state index contributed by atoms with van der Waals surface area (Å²) in [7, 11) is 2.17. The molecular formula is C11H19NO. The zero-order valence-corrected chi connectivity index (χ0v) is 8.70. The van der Waals surface area contributed by atoms with Crippen molar-refractivity contribution in [2.75, 3.05) is 20.1 Å². The van der Waals surface area contributed by atoms with E-state index in [2.05, 4.69) is 31.9 Å². The largest absolute Gasteiger partial charge is 0.389 e. The molecule has 2 heteroatoms. The Balaban J connectivity index is 2.21. The molecule has 74 valence electrons. The molecule has 13 heavy (non-hydrogen) atoms. The van der Waals surface area contributed by atoms with Gasteiger partial charge in [0.05, 0.1) is 6.10 Å². The van der Waals surface area contributed by atoms with Gasteiger partial charge in [0.2, 0.25) is 0 Å². The Morgan fingerprint density at radius 3 is 2.77 bits per heavy atom. The number of aliphatic hydroxyl groups excluding tert-OH is 1. The summed E-state index contributed by atoms with van der Waals surface area (Å²) < 4.78 is 0. The lowest BCUT2D eigenvalue weighted by Crippen LogP contribution is -2.39. The Kier molecular flexibility index (Phi) is 2.20. The molecule has 1 saturated heterocycles. The maximum absolute atomic E-state index is 9.74. The Labute approximate surface area is 80.2 Å². The van der Waals surface area contributed by atoms with Gasteiger partial charge in [-0.05, 0) is 24.8 Å². The number of fused-ring (bicyclic) bond motifs is 1. The molecule has 2 rings (SSSR count). The molecule has 1 aliphatic carbocycles. The topological polar surface area (TPSA) is 23.5 Å². The van der Waals surface area contributed by atoms with E-state index < -0.39 is 0 Å². The molecule has 1 heterocycles. The lowest BCUT2D eigenvalue weighted by Gasteiger charge is -2.36. The molecule has 0 bridgehead atoms. The fourth-order valence-electron chi connectivity index (χ4n) is 2.80. The number of nitrogens with zero attached hydrogens (tertiary/aromatic N) is 1. The molecule has 0 aromatic carbocycles. The van der Waals surface area contributed by atoms with Crippen molar-refractivity contribution >= 4 is 0 Å². The van der Waals surface area contributed by atoms with Gasteiger partial charge < -0.3 is 10.0 Å². The van der Waals surface area contributed by atoms with E-state index in [-0.39, 0.29) is 6.10 Å². The van der Waals surface area contributed by atoms with Gasteiger partial charge in [-0.25, -0.2) is 0 Å². The summed E-state index contributed by atoms with van der Waals surface area (Å²) in [6, 6.07) is 0. The predicted molar refractivity (Wildman–Crippen MR) is 53.4 cm³/mol. The molecule has 0 radical (unpaired) electrons. The van der Waals surface area contributed by atoms with Crippen LogP contribution in [0.25, 0.3) is 0 Å². The van der Waals surface area contributed by atoms with Gasteiger partial charge in [-0.15, -0.1) is 0 Å². The molecule has 4 unspecified atom stereocenters. The quantitative estimate of drug-likeness (QED) is 0.566. The van der Waals surface area contributed by atoms with Crippen LogP contribution in [0.1, 0.15) is 13.8 Å². The monoisotopic (exact) mass is 181 g/mol. The van der Waals surface area contributed by atoms with Crippen molar-refractivity contribution in [1.29, 1.82) is 0 Å². The van der Waals surface area contributed by atoms with Crippen molar-refractivity contribution in [3.63, 3.8) is 0 Å². The Bertz CT molecular complexity index is 236. The van der Waals surface area contributed by atoms with Gasteiger partial charge in [0.15, 0.2) is 0 Å². The normalized spacial score (nSPS) is 46.0. The third-order valence-corrected chi connectivity index (χ3v) is 3.63. The summed E-state index contributed by atoms with van der Waals surface area (Å²) in [6.07, 6.45) is 1.89. The predicted octanol–water partition coefficient (Wildman–Crippen LogP) is 1.12. The van der Waals surface area contributed by atoms with Gasteiger partial charge in [-0.3, -0.25) is 0 Å². The highest BCUT2D eigenvalue weighted by atomic mass is 16.3. The number of hydrogen-bond donors (Lipinski definition) is 1. The smallest absolute Gasteiger partial charge is 0.0755 e. The minimum absolute atomic E-state index is 0.200. The molecule has 0 amide bonds. The minimum Gasteiger partial charge on any atom is -0.389 e. The Morgan fingerprint density at radius 1 is 1.38 bits per heavy atom. The molecule has 1 N–H and O–H groups in total. The van der Waals surface area contributed by atoms with E-state index in [1.165, 1.54) is 5.57 Å². The van der Waals surface area contributed by atoms with Crippen LogP contribution in [0.5, 0.6) is 0 Å². The summed E-state index contributed by atoms with van der Waals surface area (Å²) in [6.45, 7) is 6.68. The SMILES string of the molecule is CC1CN(C)CC2C1=CC(O)C2C. The van der Waals surface area contributed by atoms with Crippen LogP contribution in [0.2, 0.25) is 0 Å². The Morgan fingerprint density at radius 2 is 2.08 bits per heavy atom. The van der Waals surface area contributed by atoms with Gasteiger partial charge in [-0.2, -0.15) is 0 Å². The van der Waals surface area contributed by atoms with Crippen LogP contribution in [-0.4, -0.2) is 36.2 Å². The summed E-state index contributed by atoms with van der Waals surface area (Å²) in [4.78, 5) is 2.38. The average molecular weight is 181 g/mol. The van der Waals surface area contributed by atoms with Crippen LogP contribution in [0.4, 0.5) is 0 Å². The molecule has 0 spiro atoms. The van der Waals surface area contributed by atoms with Crippen molar-refractivity contribution < 1.29 is 5.11 Å². The zero-order valence-electron chi connectivity index (χ0n) is 8.70. The van der Waals surface area contributed by atoms with Crippen LogP contribution in [-0.2, 0) is 0 Å². The van der Waals surface area contributed by atoms with E-state index in [1.54, 1.807) is 0 Å². The fourth-order valence-corrected chi connectivity index (χ4v) is 2.80. The lowest BCUT2D eigenvalue weighted by molar-refractivity contribution is 0.121. The highest BCUT2D eigenvalue weighted by Gasteiger charge is 2.38. The van der Waals surface area contributed by atoms with E-state index in [0.717, 1.165) is 13.1 Å². The van der Waals surface area contributed by atoms with Crippen molar-refractivity contribution in [3.05, 3.63) is 11.6 Å². The second-order valence-corrected chi connectivity index (χ2v) is 4.75. The van der Waals surface area contributed by atoms with Gasteiger partial charge in [0.25, 0.3) is 0 Å². The second kappa shape index (κ2) is 3.10. The third kappa shape index (κ3) is 1.42. The van der Waals surface area contributed by atoms with E-state index in [0.29, 0.717) is 17.8 Å². The molecule has 4 atom stereocenters. The van der Waals surface area contributed by atoms with Crippen LogP contribution in [0, 0.1) is 17.8 Å². The molecule has 0 aromatic rings. The summed E-state index contributed by atoms with van der Waals surface area (Å²) in [5.41, 5.74) is 1.50. The van der Waals surface area contributed by atoms with Gasteiger partial charge in [0.1, 0.15) is 0 Å². The number of aliphatic hydroxyl groups is 1. The fraction of sp³-hybridized carbons (Fsp3) is 0.818. The maximum Gasteiger partial charge on any atom is 0.0755 e. The van der Waals surface area contributed by atoms with Crippen LogP contribution in [0.15, 0.2) is 11.6 Å². The first-order chi connectivity index (χ1) is 6.09. The summed E-state index contributed by atoms with van der Waals surface area (Å²) >= 11 is 0. The molecule has 2 aliphatic rings. The number of hydrogen-bond acceptors (Lipinski definition) is 2. The first-order valence-electron chi connectivity index (χ1n) is 5.18. The molecule has 0 aromatic heterocycles. The summed E-state index contributed by atoms with van der Waals surface area (Å²) in [5, 5.41) is 9.74. The van der Waals surface area contributed by atoms with Crippen LogP contribution < -0.4 is 0 Å². The van der Waals surface area contributed by atoms with E-state index in [1.807, 2.05) is 0 Å². The first-order valence-corrected chi connectivity index (χ1v) is 5.18. The molecular weight excluding hydrogens is 162 g/mol. The molecule has 1 fully saturated rings. The zero-order chi connectivity index (χ0) is 9.59. The summed E-state index contributed by atoms with van der Waals surface area (Å²) in [5.74, 6) is 1.65. The first kappa shape index (κ1) is 9.22. The maximum atomic E-state index is 9.74. The Hall–Kier alpha value is -0.340. The highest BCUT2D eigenvalue weighted by molar-refractivity contribution is 5.23. The van der Waals surface area contributed by atoms with Crippen molar-refractivity contribution in [2.24, 2.45) is 17.8 Å². The van der Waals surface area contributed by atoms with Gasteiger partial charge in [-0.1, -0.05) is 25.5 Å². The number of rotatable bonds is 0. The van der Waals surface area contributed by atoms with Crippen molar-refractivity contribution in [2.45, 2.75) is 20.0 Å².